The molecule has 1 unspecified atom stereocenters. The Morgan fingerprint density at radius 3 is 2.80 bits per heavy atom. The number of hydrogen-bond acceptors (Lipinski definition) is 4. The van der Waals surface area contributed by atoms with Crippen LogP contribution in [-0.2, 0) is 0 Å². The summed E-state index contributed by atoms with van der Waals surface area (Å²) in [6.45, 7) is 0. The fourth-order valence-corrected chi connectivity index (χ4v) is 3.33. The van der Waals surface area contributed by atoms with Crippen LogP contribution in [0.25, 0.3) is 5.57 Å². The number of anilines is 1. The summed E-state index contributed by atoms with van der Waals surface area (Å²) in [5.41, 5.74) is 9.36. The van der Waals surface area contributed by atoms with Crippen molar-refractivity contribution in [1.82, 2.24) is 0 Å². The minimum Gasteiger partial charge on any atom is -0.478 e. The first kappa shape index (κ1) is 15.1. The minimum atomic E-state index is -0.972. The number of nitrogen functional groups attached to an aromatic ring is 1. The number of hydrogen-bond donors (Lipinski definition) is 3. The van der Waals surface area contributed by atoms with Crippen molar-refractivity contribution in [3.63, 3.8) is 0 Å². The molecule has 5 heteroatoms. The Bertz CT molecular complexity index is 1110. The van der Waals surface area contributed by atoms with E-state index in [1.54, 1.807) is 36.4 Å². The van der Waals surface area contributed by atoms with Gasteiger partial charge in [0.15, 0.2) is 0 Å². The van der Waals surface area contributed by atoms with Crippen molar-refractivity contribution in [1.29, 1.82) is 5.41 Å². The van der Waals surface area contributed by atoms with Gasteiger partial charge in [-0.2, -0.15) is 0 Å². The second kappa shape index (κ2) is 5.56. The molecule has 1 aliphatic carbocycles. The Morgan fingerprint density at radius 2 is 2.00 bits per heavy atom. The minimum absolute atomic E-state index is 0.189. The highest BCUT2D eigenvalue weighted by molar-refractivity contribution is 6.04. The lowest BCUT2D eigenvalue weighted by molar-refractivity contribution is 0.0696. The molecular formula is C20H15N3O2. The Morgan fingerprint density at radius 1 is 1.20 bits per heavy atom. The first-order valence-corrected chi connectivity index (χ1v) is 7.84. The zero-order valence-electron chi connectivity index (χ0n) is 13.2. The van der Waals surface area contributed by atoms with Crippen molar-refractivity contribution in [2.75, 3.05) is 5.73 Å². The molecule has 2 aliphatic rings. The predicted octanol–water partition coefficient (Wildman–Crippen LogP) is 1.89. The molecule has 0 spiro atoms. The summed E-state index contributed by atoms with van der Waals surface area (Å²) in [7, 11) is 0. The molecule has 0 bridgehead atoms. The molecule has 0 saturated heterocycles. The SMILES string of the molecule is N=C1C=CC2C(=C1)N=c1cc(N)ccc1=C2c1ccccc1C(=O)O. The number of carboxylic acids is 1. The molecule has 1 atom stereocenters. The quantitative estimate of drug-likeness (QED) is 0.734. The monoisotopic (exact) mass is 329 g/mol. The maximum atomic E-state index is 11.7. The average molecular weight is 329 g/mol. The van der Waals surface area contributed by atoms with Crippen LogP contribution in [0, 0.1) is 11.3 Å². The van der Waals surface area contributed by atoms with Crippen molar-refractivity contribution in [3.05, 3.63) is 88.1 Å². The van der Waals surface area contributed by atoms with Gasteiger partial charge in [0.25, 0.3) is 0 Å². The molecule has 0 amide bonds. The van der Waals surface area contributed by atoms with Crippen LogP contribution in [-0.4, -0.2) is 16.8 Å². The number of carbonyl (C=O) groups is 1. The standard InChI is InChI=1S/C20H15N3O2/c21-11-5-7-15-17(9-11)23-18-10-12(22)6-8-16(18)19(15)13-3-1-2-4-14(13)20(24)25/h1-10,15,21H,22H2,(H,24,25). The summed E-state index contributed by atoms with van der Waals surface area (Å²) in [6.07, 6.45) is 5.32. The normalized spacial score (nSPS) is 18.1. The van der Waals surface area contributed by atoms with E-state index in [0.717, 1.165) is 16.5 Å². The number of nitrogens with zero attached hydrogens (tertiary/aromatic N) is 1. The van der Waals surface area contributed by atoms with E-state index in [1.807, 2.05) is 24.3 Å². The summed E-state index contributed by atoms with van der Waals surface area (Å²) >= 11 is 0. The van der Waals surface area contributed by atoms with E-state index in [-0.39, 0.29) is 11.5 Å². The van der Waals surface area contributed by atoms with E-state index in [4.69, 9.17) is 11.1 Å². The summed E-state index contributed by atoms with van der Waals surface area (Å²) in [4.78, 5) is 16.4. The van der Waals surface area contributed by atoms with E-state index in [2.05, 4.69) is 4.99 Å². The zero-order valence-corrected chi connectivity index (χ0v) is 13.2. The lowest BCUT2D eigenvalue weighted by Crippen LogP contribution is -2.35. The maximum Gasteiger partial charge on any atom is 0.336 e. The van der Waals surface area contributed by atoms with Crippen LogP contribution < -0.4 is 16.3 Å². The Labute approximate surface area is 143 Å². The van der Waals surface area contributed by atoms with Crippen molar-refractivity contribution in [3.8, 4) is 0 Å². The number of nitrogens with two attached hydrogens (primary N) is 1. The van der Waals surface area contributed by atoms with Gasteiger partial charge in [0, 0.05) is 16.8 Å². The molecule has 1 heterocycles. The van der Waals surface area contributed by atoms with Gasteiger partial charge < -0.3 is 16.2 Å². The van der Waals surface area contributed by atoms with Gasteiger partial charge in [-0.3, -0.25) is 4.99 Å². The van der Waals surface area contributed by atoms with Crippen LogP contribution in [0.5, 0.6) is 0 Å². The first-order chi connectivity index (χ1) is 12.0. The molecule has 0 saturated carbocycles. The maximum absolute atomic E-state index is 11.7. The predicted molar refractivity (Wildman–Crippen MR) is 96.0 cm³/mol. The van der Waals surface area contributed by atoms with Gasteiger partial charge in [-0.25, -0.2) is 4.79 Å². The molecular weight excluding hydrogens is 314 g/mol. The number of nitrogens with one attached hydrogen (secondary N) is 1. The van der Waals surface area contributed by atoms with Crippen molar-refractivity contribution in [2.24, 2.45) is 10.9 Å². The number of aromatic carboxylic acids is 1. The van der Waals surface area contributed by atoms with Crippen LogP contribution in [0.3, 0.4) is 0 Å². The van der Waals surface area contributed by atoms with Crippen LogP contribution >= 0.6 is 0 Å². The molecule has 5 nitrogen and oxygen atoms in total. The summed E-state index contributed by atoms with van der Waals surface area (Å²) in [5, 5.41) is 19.0. The van der Waals surface area contributed by atoms with E-state index in [1.165, 1.54) is 0 Å². The molecule has 2 aromatic rings. The first-order valence-electron chi connectivity index (χ1n) is 7.84. The number of carboxylic acid groups (broad SMARTS) is 1. The molecule has 2 aromatic carbocycles. The van der Waals surface area contributed by atoms with E-state index in [0.29, 0.717) is 22.3 Å². The third kappa shape index (κ3) is 2.46. The number of fused-ring (bicyclic) bond motifs is 2. The molecule has 25 heavy (non-hydrogen) atoms. The molecule has 1 aliphatic heterocycles. The van der Waals surface area contributed by atoms with Crippen molar-refractivity contribution < 1.29 is 9.90 Å². The Hall–Kier alpha value is -3.47. The average Bonchev–Trinajstić information content (AvgIpc) is 2.59. The molecule has 4 rings (SSSR count). The fraction of sp³-hybridized carbons (Fsp3) is 0.0500. The topological polar surface area (TPSA) is 99.5 Å². The molecule has 0 radical (unpaired) electrons. The van der Waals surface area contributed by atoms with Crippen LogP contribution in [0.2, 0.25) is 0 Å². The van der Waals surface area contributed by atoms with Gasteiger partial charge in [-0.15, -0.1) is 0 Å². The lowest BCUT2D eigenvalue weighted by atomic mass is 9.82. The molecule has 0 fully saturated rings. The van der Waals surface area contributed by atoms with Gasteiger partial charge in [-0.1, -0.05) is 30.3 Å². The third-order valence-electron chi connectivity index (χ3n) is 4.41. The second-order valence-corrected chi connectivity index (χ2v) is 6.01. The molecule has 0 aromatic heterocycles. The van der Waals surface area contributed by atoms with Crippen LogP contribution in [0.15, 0.2) is 71.4 Å². The summed E-state index contributed by atoms with van der Waals surface area (Å²) in [5.74, 6) is -1.16. The van der Waals surface area contributed by atoms with E-state index >= 15 is 0 Å². The van der Waals surface area contributed by atoms with Crippen LogP contribution in [0.4, 0.5) is 5.69 Å². The summed E-state index contributed by atoms with van der Waals surface area (Å²) < 4.78 is 0. The van der Waals surface area contributed by atoms with Gasteiger partial charge in [-0.05, 0) is 41.5 Å². The molecule has 122 valence electrons. The highest BCUT2D eigenvalue weighted by Crippen LogP contribution is 2.34. The summed E-state index contributed by atoms with van der Waals surface area (Å²) in [6, 6.07) is 12.4. The van der Waals surface area contributed by atoms with Crippen molar-refractivity contribution in [2.45, 2.75) is 0 Å². The van der Waals surface area contributed by atoms with E-state index < -0.39 is 5.97 Å². The van der Waals surface area contributed by atoms with Gasteiger partial charge in [0.1, 0.15) is 0 Å². The smallest absolute Gasteiger partial charge is 0.336 e. The van der Waals surface area contributed by atoms with Crippen molar-refractivity contribution >= 4 is 22.9 Å². The Kier molecular flexibility index (Phi) is 3.35. The number of rotatable bonds is 2. The fourth-order valence-electron chi connectivity index (χ4n) is 3.33. The lowest BCUT2D eigenvalue weighted by Gasteiger charge is -2.25. The largest absolute Gasteiger partial charge is 0.478 e. The second-order valence-electron chi connectivity index (χ2n) is 6.01. The zero-order chi connectivity index (χ0) is 17.6. The van der Waals surface area contributed by atoms with Crippen LogP contribution in [0.1, 0.15) is 15.9 Å². The third-order valence-corrected chi connectivity index (χ3v) is 4.41. The van der Waals surface area contributed by atoms with E-state index in [9.17, 15) is 9.90 Å². The van der Waals surface area contributed by atoms with Gasteiger partial charge >= 0.3 is 5.97 Å². The number of benzene rings is 2. The highest BCUT2D eigenvalue weighted by atomic mass is 16.4. The Balaban J connectivity index is 2.13. The van der Waals surface area contributed by atoms with Gasteiger partial charge in [0.05, 0.1) is 22.3 Å². The van der Waals surface area contributed by atoms with Gasteiger partial charge in [0.2, 0.25) is 0 Å². The highest BCUT2D eigenvalue weighted by Gasteiger charge is 2.27. The number of allylic oxidation sites excluding steroid dienone is 3. The molecule has 4 N–H and O–H groups in total.